The van der Waals surface area contributed by atoms with E-state index in [2.05, 4.69) is 98.9 Å². The number of unbranched alkanes of at least 4 members (excludes halogenated alkanes) is 28. The highest BCUT2D eigenvalue weighted by Gasteiger charge is 2.20. The fourth-order valence-electron chi connectivity index (χ4n) is 8.31. The van der Waals surface area contributed by atoms with Gasteiger partial charge in [-0.25, -0.2) is 0 Å². The highest BCUT2D eigenvalue weighted by atomic mass is 31.2. The van der Waals surface area contributed by atoms with Gasteiger partial charge in [0.2, 0.25) is 0 Å². The van der Waals surface area contributed by atoms with E-state index in [4.69, 9.17) is 18.5 Å². The zero-order valence-electron chi connectivity index (χ0n) is 48.3. The summed E-state index contributed by atoms with van der Waals surface area (Å²) in [6.45, 7) is 5.30. The lowest BCUT2D eigenvalue weighted by Crippen LogP contribution is -2.37. The lowest BCUT2D eigenvalue weighted by Gasteiger charge is -2.28. The number of carbonyl (C=O) groups is 1. The first kappa shape index (κ1) is 70.7. The van der Waals surface area contributed by atoms with Gasteiger partial charge in [0.25, 0.3) is 7.82 Å². The molecule has 0 aliphatic carbocycles. The summed E-state index contributed by atoms with van der Waals surface area (Å²) in [5.74, 6) is -0.340. The van der Waals surface area contributed by atoms with E-state index < -0.39 is 13.9 Å². The molecule has 0 spiro atoms. The average molecular weight is 1040 g/mol. The van der Waals surface area contributed by atoms with Crippen molar-refractivity contribution in [3.63, 3.8) is 0 Å². The maximum atomic E-state index is 12.8. The van der Waals surface area contributed by atoms with E-state index in [9.17, 15) is 14.3 Å². The minimum absolute atomic E-state index is 0.0217. The van der Waals surface area contributed by atoms with Crippen molar-refractivity contribution in [3.05, 3.63) is 85.1 Å². The summed E-state index contributed by atoms with van der Waals surface area (Å²) in [4.78, 5) is 25.3. The number of rotatable bonds is 56. The van der Waals surface area contributed by atoms with Crippen LogP contribution in [0.2, 0.25) is 0 Å². The van der Waals surface area contributed by atoms with Crippen LogP contribution in [0.5, 0.6) is 0 Å². The third kappa shape index (κ3) is 60.4. The molecule has 0 amide bonds. The molecule has 0 rings (SSSR count). The highest BCUT2D eigenvalue weighted by Crippen LogP contribution is 2.38. The van der Waals surface area contributed by atoms with Crippen LogP contribution in [0.25, 0.3) is 0 Å². The molecule has 0 aromatic carbocycles. The van der Waals surface area contributed by atoms with E-state index in [1.54, 1.807) is 0 Å². The molecule has 0 heterocycles. The molecule has 0 saturated heterocycles. The molecule has 0 bridgehead atoms. The molecule has 0 radical (unpaired) electrons. The number of likely N-dealkylation sites (N-methyl/N-ethyl adjacent to an activating group) is 1. The Bertz CT molecular complexity index is 1440. The van der Waals surface area contributed by atoms with Crippen molar-refractivity contribution >= 4 is 13.8 Å². The van der Waals surface area contributed by atoms with Crippen molar-refractivity contribution in [1.82, 2.24) is 0 Å². The molecule has 0 aliphatic rings. The smallest absolute Gasteiger partial charge is 0.306 e. The van der Waals surface area contributed by atoms with Crippen molar-refractivity contribution in [2.45, 2.75) is 264 Å². The summed E-state index contributed by atoms with van der Waals surface area (Å²) >= 11 is 0. The van der Waals surface area contributed by atoms with Crippen LogP contribution in [0.4, 0.5) is 0 Å². The topological polar surface area (TPSA) is 94.1 Å². The maximum Gasteiger partial charge on any atom is 0.306 e. The SMILES string of the molecule is CC/C=C\C/C=C\C/C=C\C/C=C\C/C=C\CCCCCCCCCCCC(=O)OC(COCCCCCCCCCCCCCCCC/C=C\C/C=C\CCCCCCC)COP(=O)([O-])OCC[N+](C)(C)C. The fraction of sp³-hybridized carbons (Fsp3) is 0.766. The Balaban J connectivity index is 4.07. The predicted octanol–water partition coefficient (Wildman–Crippen LogP) is 18.9. The molecule has 0 aromatic rings. The first-order chi connectivity index (χ1) is 35.6. The third-order valence-electron chi connectivity index (χ3n) is 12.9. The van der Waals surface area contributed by atoms with Gasteiger partial charge in [0, 0.05) is 13.0 Å². The molecule has 2 unspecified atom stereocenters. The number of esters is 1. The Kier molecular flexibility index (Phi) is 54.1. The van der Waals surface area contributed by atoms with Crippen LogP contribution in [-0.2, 0) is 27.9 Å². The number of nitrogens with zero attached hydrogens (tertiary/aromatic N) is 1. The van der Waals surface area contributed by atoms with Gasteiger partial charge in [-0.1, -0.05) is 247 Å². The van der Waals surface area contributed by atoms with Crippen LogP contribution in [0, 0.1) is 0 Å². The first-order valence-electron chi connectivity index (χ1n) is 30.3. The lowest BCUT2D eigenvalue weighted by molar-refractivity contribution is -0.870. The zero-order chi connectivity index (χ0) is 53.3. The van der Waals surface area contributed by atoms with Crippen LogP contribution < -0.4 is 4.89 Å². The van der Waals surface area contributed by atoms with Crippen LogP contribution >= 0.6 is 7.82 Å². The average Bonchev–Trinajstić information content (AvgIpc) is 3.35. The van der Waals surface area contributed by atoms with Crippen LogP contribution in [0.15, 0.2) is 85.1 Å². The molecule has 9 heteroatoms. The standard InChI is InChI=1S/C64H116NO7P/c1-6-8-10-12-14-16-18-20-22-24-26-28-30-32-34-36-38-40-42-44-46-48-50-52-54-56-59-69-61-63(62-71-73(67,68)70-60-58-65(3,4)5)72-64(66)57-55-53-51-49-47-45-43-41-39-37-35-33-31-29-27-25-23-21-19-17-15-13-11-9-7-2/h9,11,15,17-18,20-21,23-24,26-27,29,33,35,63H,6-8,10,12-14,16,19,22,25,28,30-32,34,36-62H2,1-5H3/b11-9-,17-15-,20-18-,23-21-,26-24-,29-27-,35-33-. The molecule has 0 aliphatic heterocycles. The molecule has 0 fully saturated rings. The predicted molar refractivity (Wildman–Crippen MR) is 314 cm³/mol. The second kappa shape index (κ2) is 55.9. The Morgan fingerprint density at radius 1 is 0.438 bits per heavy atom. The van der Waals surface area contributed by atoms with Crippen molar-refractivity contribution in [2.75, 3.05) is 54.1 Å². The fourth-order valence-corrected chi connectivity index (χ4v) is 9.04. The van der Waals surface area contributed by atoms with Crippen LogP contribution in [-0.4, -0.2) is 70.7 Å². The van der Waals surface area contributed by atoms with Gasteiger partial charge in [-0.3, -0.25) is 9.36 Å². The second-order valence-electron chi connectivity index (χ2n) is 21.3. The summed E-state index contributed by atoms with van der Waals surface area (Å²) < 4.78 is 34.9. The Morgan fingerprint density at radius 2 is 0.795 bits per heavy atom. The second-order valence-corrected chi connectivity index (χ2v) is 22.7. The molecule has 2 atom stereocenters. The molecule has 73 heavy (non-hydrogen) atoms. The van der Waals surface area contributed by atoms with Gasteiger partial charge in [0.05, 0.1) is 34.4 Å². The van der Waals surface area contributed by atoms with E-state index in [0.29, 0.717) is 24.1 Å². The van der Waals surface area contributed by atoms with Gasteiger partial charge in [-0.2, -0.15) is 0 Å². The number of allylic oxidation sites excluding steroid dienone is 14. The van der Waals surface area contributed by atoms with Gasteiger partial charge >= 0.3 is 5.97 Å². The number of phosphoric acid groups is 1. The molecule has 0 N–H and O–H groups in total. The lowest BCUT2D eigenvalue weighted by atomic mass is 10.0. The van der Waals surface area contributed by atoms with Crippen LogP contribution in [0.3, 0.4) is 0 Å². The quantitative estimate of drug-likeness (QED) is 0.0197. The monoisotopic (exact) mass is 1040 g/mol. The zero-order valence-corrected chi connectivity index (χ0v) is 49.2. The van der Waals surface area contributed by atoms with E-state index >= 15 is 0 Å². The Labute approximate surface area is 452 Å². The highest BCUT2D eigenvalue weighted by molar-refractivity contribution is 7.45. The molecule has 0 saturated carbocycles. The van der Waals surface area contributed by atoms with E-state index in [-0.39, 0.29) is 25.8 Å². The molecule has 424 valence electrons. The number of hydrogen-bond donors (Lipinski definition) is 0. The Morgan fingerprint density at radius 3 is 1.19 bits per heavy atom. The van der Waals surface area contributed by atoms with Crippen molar-refractivity contribution in [2.24, 2.45) is 0 Å². The molecule has 0 aromatic heterocycles. The number of hydrogen-bond acceptors (Lipinski definition) is 7. The summed E-state index contributed by atoms with van der Waals surface area (Å²) in [5.41, 5.74) is 0. The van der Waals surface area contributed by atoms with Crippen LogP contribution in [0.1, 0.15) is 258 Å². The third-order valence-corrected chi connectivity index (χ3v) is 13.9. The van der Waals surface area contributed by atoms with Gasteiger partial charge in [-0.15, -0.1) is 0 Å². The van der Waals surface area contributed by atoms with Crippen molar-refractivity contribution in [3.8, 4) is 0 Å². The van der Waals surface area contributed by atoms with Gasteiger partial charge in [0.1, 0.15) is 19.3 Å². The summed E-state index contributed by atoms with van der Waals surface area (Å²) in [6.07, 6.45) is 76.3. The van der Waals surface area contributed by atoms with Gasteiger partial charge < -0.3 is 27.9 Å². The van der Waals surface area contributed by atoms with Gasteiger partial charge in [-0.05, 0) is 89.9 Å². The number of ether oxygens (including phenoxy) is 2. The maximum absolute atomic E-state index is 12.8. The normalized spacial score (nSPS) is 14.0. The van der Waals surface area contributed by atoms with Crippen molar-refractivity contribution < 1.29 is 37.3 Å². The summed E-state index contributed by atoms with van der Waals surface area (Å²) in [5, 5.41) is 0. The number of phosphoric ester groups is 1. The largest absolute Gasteiger partial charge is 0.756 e. The summed E-state index contributed by atoms with van der Waals surface area (Å²) in [7, 11) is 1.35. The first-order valence-corrected chi connectivity index (χ1v) is 31.8. The summed E-state index contributed by atoms with van der Waals surface area (Å²) in [6, 6.07) is 0. The number of carbonyl (C=O) groups excluding carboxylic acids is 1. The minimum Gasteiger partial charge on any atom is -0.756 e. The molecular formula is C64H116NO7P. The molecule has 8 nitrogen and oxygen atoms in total. The van der Waals surface area contributed by atoms with E-state index in [1.165, 1.54) is 161 Å². The van der Waals surface area contributed by atoms with E-state index in [1.807, 2.05) is 21.1 Å². The van der Waals surface area contributed by atoms with Gasteiger partial charge in [0.15, 0.2) is 0 Å². The number of quaternary nitrogens is 1. The Hall–Kier alpha value is -2.32. The van der Waals surface area contributed by atoms with E-state index in [0.717, 1.165) is 77.0 Å². The van der Waals surface area contributed by atoms with Crippen molar-refractivity contribution in [1.29, 1.82) is 0 Å². The molecular weight excluding hydrogens is 926 g/mol. The minimum atomic E-state index is -4.54.